The van der Waals surface area contributed by atoms with Crippen LogP contribution in [0.15, 0.2) is 42.5 Å². The van der Waals surface area contributed by atoms with E-state index in [2.05, 4.69) is 11.4 Å². The van der Waals surface area contributed by atoms with Gasteiger partial charge in [-0.3, -0.25) is 14.5 Å². The van der Waals surface area contributed by atoms with Crippen LogP contribution in [0, 0.1) is 6.92 Å². The largest absolute Gasteiger partial charge is 0.496 e. The molecule has 28 heavy (non-hydrogen) atoms. The lowest BCUT2D eigenvalue weighted by Gasteiger charge is -2.42. The number of nitrogens with one attached hydrogen (secondary N) is 2. The molecule has 1 aliphatic rings. The zero-order chi connectivity index (χ0) is 20.5. The lowest BCUT2D eigenvalue weighted by atomic mass is 9.96. The van der Waals surface area contributed by atoms with Crippen molar-refractivity contribution >= 4 is 23.2 Å². The predicted molar refractivity (Wildman–Crippen MR) is 110 cm³/mol. The first-order valence-corrected chi connectivity index (χ1v) is 9.42. The normalized spacial score (nSPS) is 16.2. The maximum absolute atomic E-state index is 13.2. The second-order valence-corrected chi connectivity index (χ2v) is 7.89. The zero-order valence-corrected chi connectivity index (χ0v) is 17.1. The standard InChI is InChI=1S/C22H27N3O3/c1-15-10-11-19(28-5)16(12-15)13-24(4)14-20(26)25-18-9-7-6-8-17(18)23-21(27)22(25,2)3/h6-12H,13-14H2,1-5H3,(H,23,27)/p+1. The summed E-state index contributed by atoms with van der Waals surface area (Å²) >= 11 is 0. The molecule has 0 radical (unpaired) electrons. The van der Waals surface area contributed by atoms with Crippen LogP contribution in [0.3, 0.4) is 0 Å². The Morgan fingerprint density at radius 1 is 1.21 bits per heavy atom. The van der Waals surface area contributed by atoms with E-state index in [0.29, 0.717) is 12.2 Å². The number of methoxy groups -OCH3 is 1. The summed E-state index contributed by atoms with van der Waals surface area (Å²) < 4.78 is 5.45. The van der Waals surface area contributed by atoms with Crippen LogP contribution in [0.5, 0.6) is 5.75 Å². The summed E-state index contributed by atoms with van der Waals surface area (Å²) in [6.45, 7) is 6.50. The number of quaternary nitrogens is 1. The van der Waals surface area contributed by atoms with Gasteiger partial charge in [0.15, 0.2) is 6.54 Å². The van der Waals surface area contributed by atoms with Gasteiger partial charge in [-0.2, -0.15) is 0 Å². The Bertz CT molecular complexity index is 908. The summed E-state index contributed by atoms with van der Waals surface area (Å²) in [5.41, 5.74) is 2.66. The first-order valence-electron chi connectivity index (χ1n) is 9.42. The van der Waals surface area contributed by atoms with E-state index < -0.39 is 5.54 Å². The third kappa shape index (κ3) is 3.73. The maximum atomic E-state index is 13.2. The van der Waals surface area contributed by atoms with Gasteiger partial charge in [-0.15, -0.1) is 0 Å². The molecule has 2 aromatic rings. The average Bonchev–Trinajstić information content (AvgIpc) is 2.62. The number of rotatable bonds is 5. The molecule has 2 aromatic carbocycles. The Balaban J connectivity index is 1.82. The first-order chi connectivity index (χ1) is 13.2. The number of anilines is 2. The van der Waals surface area contributed by atoms with E-state index in [1.807, 2.05) is 50.4 Å². The Labute approximate surface area is 166 Å². The molecule has 6 nitrogen and oxygen atoms in total. The van der Waals surface area contributed by atoms with Crippen molar-refractivity contribution in [2.24, 2.45) is 0 Å². The molecule has 2 amide bonds. The lowest BCUT2D eigenvalue weighted by molar-refractivity contribution is -0.885. The molecule has 6 heteroatoms. The van der Waals surface area contributed by atoms with E-state index in [1.54, 1.807) is 25.9 Å². The minimum absolute atomic E-state index is 0.0866. The number of amides is 2. The van der Waals surface area contributed by atoms with Crippen molar-refractivity contribution in [3.63, 3.8) is 0 Å². The van der Waals surface area contributed by atoms with Crippen LogP contribution in [0.1, 0.15) is 25.0 Å². The predicted octanol–water partition coefficient (Wildman–Crippen LogP) is 1.78. The van der Waals surface area contributed by atoms with E-state index in [-0.39, 0.29) is 18.4 Å². The fourth-order valence-corrected chi connectivity index (χ4v) is 3.67. The molecule has 0 aromatic heterocycles. The van der Waals surface area contributed by atoms with Crippen LogP contribution in [0.4, 0.5) is 11.4 Å². The Kier molecular flexibility index (Phi) is 5.42. The molecule has 0 fully saturated rings. The van der Waals surface area contributed by atoms with Crippen LogP contribution in [-0.2, 0) is 16.1 Å². The Morgan fingerprint density at radius 3 is 2.64 bits per heavy atom. The summed E-state index contributed by atoms with van der Waals surface area (Å²) in [4.78, 5) is 28.4. The topological polar surface area (TPSA) is 63.1 Å². The van der Waals surface area contributed by atoms with Gasteiger partial charge in [0, 0.05) is 5.56 Å². The van der Waals surface area contributed by atoms with Crippen molar-refractivity contribution in [2.75, 3.05) is 30.9 Å². The van der Waals surface area contributed by atoms with Crippen molar-refractivity contribution in [1.29, 1.82) is 0 Å². The molecule has 148 valence electrons. The van der Waals surface area contributed by atoms with Gasteiger partial charge in [-0.1, -0.05) is 23.8 Å². The third-order valence-corrected chi connectivity index (χ3v) is 5.14. The van der Waals surface area contributed by atoms with Crippen molar-refractivity contribution in [2.45, 2.75) is 32.9 Å². The molecule has 2 N–H and O–H groups in total. The Morgan fingerprint density at radius 2 is 1.93 bits per heavy atom. The average molecular weight is 382 g/mol. The molecule has 0 saturated carbocycles. The van der Waals surface area contributed by atoms with E-state index >= 15 is 0 Å². The summed E-state index contributed by atoms with van der Waals surface area (Å²) in [5, 5.41) is 2.89. The van der Waals surface area contributed by atoms with Crippen molar-refractivity contribution in [3.05, 3.63) is 53.6 Å². The molecular formula is C22H28N3O3+. The SMILES string of the molecule is COc1ccc(C)cc1C[NH+](C)CC(=O)N1c2ccccc2NC(=O)C1(C)C. The van der Waals surface area contributed by atoms with Crippen LogP contribution < -0.4 is 19.9 Å². The smallest absolute Gasteiger partial charge is 0.283 e. The van der Waals surface area contributed by atoms with E-state index in [1.165, 1.54) is 0 Å². The fraction of sp³-hybridized carbons (Fsp3) is 0.364. The quantitative estimate of drug-likeness (QED) is 0.829. The molecule has 1 unspecified atom stereocenters. The zero-order valence-electron chi connectivity index (χ0n) is 17.1. The van der Waals surface area contributed by atoms with Crippen molar-refractivity contribution in [3.8, 4) is 5.75 Å². The highest BCUT2D eigenvalue weighted by molar-refractivity contribution is 6.14. The van der Waals surface area contributed by atoms with Gasteiger partial charge in [0.2, 0.25) is 5.91 Å². The lowest BCUT2D eigenvalue weighted by Crippen LogP contribution is -3.09. The van der Waals surface area contributed by atoms with Crippen LogP contribution >= 0.6 is 0 Å². The molecule has 1 aliphatic heterocycles. The minimum Gasteiger partial charge on any atom is -0.496 e. The van der Waals surface area contributed by atoms with E-state index in [4.69, 9.17) is 4.74 Å². The number of ether oxygens (including phenoxy) is 1. The van der Waals surface area contributed by atoms with Gasteiger partial charge in [0.25, 0.3) is 5.91 Å². The number of aryl methyl sites for hydroxylation is 1. The van der Waals surface area contributed by atoms with Gasteiger partial charge in [0.1, 0.15) is 17.8 Å². The van der Waals surface area contributed by atoms with Gasteiger partial charge < -0.3 is 15.0 Å². The molecule has 0 bridgehead atoms. The number of hydrogen-bond acceptors (Lipinski definition) is 3. The monoisotopic (exact) mass is 382 g/mol. The second kappa shape index (κ2) is 7.64. The first kappa shape index (κ1) is 19.9. The van der Waals surface area contributed by atoms with Crippen LogP contribution in [0.2, 0.25) is 0 Å². The molecule has 3 rings (SSSR count). The number of hydrogen-bond donors (Lipinski definition) is 2. The number of para-hydroxylation sites is 2. The van der Waals surface area contributed by atoms with Crippen molar-refractivity contribution < 1.29 is 19.2 Å². The summed E-state index contributed by atoms with van der Waals surface area (Å²) in [6.07, 6.45) is 0. The molecule has 0 spiro atoms. The molecule has 0 saturated heterocycles. The maximum Gasteiger partial charge on any atom is 0.283 e. The fourth-order valence-electron chi connectivity index (χ4n) is 3.67. The second-order valence-electron chi connectivity index (χ2n) is 7.89. The molecule has 1 atom stereocenters. The number of nitrogens with zero attached hydrogens (tertiary/aromatic N) is 1. The number of carbonyl (C=O) groups is 2. The highest BCUT2D eigenvalue weighted by atomic mass is 16.5. The van der Waals surface area contributed by atoms with E-state index in [9.17, 15) is 9.59 Å². The van der Waals surface area contributed by atoms with Gasteiger partial charge in [0.05, 0.1) is 25.5 Å². The van der Waals surface area contributed by atoms with Gasteiger partial charge >= 0.3 is 0 Å². The van der Waals surface area contributed by atoms with Crippen LogP contribution in [0.25, 0.3) is 0 Å². The number of benzene rings is 2. The summed E-state index contributed by atoms with van der Waals surface area (Å²) in [6, 6.07) is 13.5. The number of fused-ring (bicyclic) bond motifs is 1. The summed E-state index contributed by atoms with van der Waals surface area (Å²) in [5.74, 6) is 0.550. The van der Waals surface area contributed by atoms with Crippen LogP contribution in [-0.4, -0.2) is 38.1 Å². The molecule has 0 aliphatic carbocycles. The summed E-state index contributed by atoms with van der Waals surface area (Å²) in [7, 11) is 3.63. The van der Waals surface area contributed by atoms with Crippen molar-refractivity contribution in [1.82, 2.24) is 0 Å². The third-order valence-electron chi connectivity index (χ3n) is 5.14. The highest BCUT2D eigenvalue weighted by Gasteiger charge is 2.44. The number of likely N-dealkylation sites (N-methyl/N-ethyl adjacent to an activating group) is 1. The van der Waals surface area contributed by atoms with Gasteiger partial charge in [-0.05, 0) is 45.0 Å². The molecular weight excluding hydrogens is 354 g/mol. The minimum atomic E-state index is -0.952. The molecule has 1 heterocycles. The number of carbonyl (C=O) groups excluding carboxylic acids is 2. The van der Waals surface area contributed by atoms with E-state index in [0.717, 1.165) is 27.5 Å². The Hall–Kier alpha value is -2.86. The highest BCUT2D eigenvalue weighted by Crippen LogP contribution is 2.36. The van der Waals surface area contributed by atoms with Gasteiger partial charge in [-0.25, -0.2) is 0 Å².